The molecule has 0 unspecified atom stereocenters. The van der Waals surface area contributed by atoms with Crippen molar-refractivity contribution in [1.29, 1.82) is 0 Å². The van der Waals surface area contributed by atoms with Crippen molar-refractivity contribution < 1.29 is 18.3 Å². The van der Waals surface area contributed by atoms with Gasteiger partial charge in [0, 0.05) is 13.1 Å². The average molecular weight is 296 g/mol. The van der Waals surface area contributed by atoms with Gasteiger partial charge in [-0.3, -0.25) is 9.48 Å². The number of nitrogens with zero attached hydrogens (tertiary/aromatic N) is 3. The highest BCUT2D eigenvalue weighted by atomic mass is 35.5. The van der Waals surface area contributed by atoms with E-state index in [1.54, 1.807) is 13.8 Å². The van der Waals surface area contributed by atoms with Crippen molar-refractivity contribution in [1.82, 2.24) is 14.1 Å². The number of rotatable bonds is 5. The molecular formula is C9H14ClN3O4S. The van der Waals surface area contributed by atoms with E-state index in [0.717, 1.165) is 8.99 Å². The van der Waals surface area contributed by atoms with Gasteiger partial charge in [0.2, 0.25) is 0 Å². The van der Waals surface area contributed by atoms with Crippen molar-refractivity contribution in [2.45, 2.75) is 24.9 Å². The van der Waals surface area contributed by atoms with Crippen LogP contribution in [0.4, 0.5) is 0 Å². The number of sulfonamides is 1. The fourth-order valence-electron chi connectivity index (χ4n) is 1.48. The Labute approximate surface area is 110 Å². The fraction of sp³-hybridized carbons (Fsp3) is 0.556. The zero-order chi connectivity index (χ0) is 14.1. The van der Waals surface area contributed by atoms with E-state index in [-0.39, 0.29) is 10.0 Å². The summed E-state index contributed by atoms with van der Waals surface area (Å²) in [7, 11) is -2.56. The van der Waals surface area contributed by atoms with Gasteiger partial charge in [0.15, 0.2) is 5.03 Å². The Balaban J connectivity index is 3.30. The van der Waals surface area contributed by atoms with E-state index in [0.29, 0.717) is 0 Å². The molecule has 0 bridgehead atoms. The molecule has 1 N–H and O–H groups in total. The first-order valence-corrected chi connectivity index (χ1v) is 6.91. The molecule has 0 amide bonds. The molecule has 0 spiro atoms. The lowest BCUT2D eigenvalue weighted by Crippen LogP contribution is -2.41. The molecule has 0 aliphatic carbocycles. The third-order valence-electron chi connectivity index (χ3n) is 2.26. The zero-order valence-electron chi connectivity index (χ0n) is 10.2. The van der Waals surface area contributed by atoms with Gasteiger partial charge >= 0.3 is 5.97 Å². The predicted molar refractivity (Wildman–Crippen MR) is 64.9 cm³/mol. The van der Waals surface area contributed by atoms with E-state index in [2.05, 4.69) is 5.10 Å². The first kappa shape index (κ1) is 14.9. The number of hydrogen-bond acceptors (Lipinski definition) is 4. The maximum absolute atomic E-state index is 12.3. The van der Waals surface area contributed by atoms with Crippen LogP contribution < -0.4 is 0 Å². The van der Waals surface area contributed by atoms with Crippen LogP contribution in [0.1, 0.15) is 13.8 Å². The summed E-state index contributed by atoms with van der Waals surface area (Å²) in [5.74, 6) is -1.23. The summed E-state index contributed by atoms with van der Waals surface area (Å²) in [6.45, 7) is 2.55. The topological polar surface area (TPSA) is 92.5 Å². The minimum absolute atomic E-state index is 0.0338. The van der Waals surface area contributed by atoms with Crippen molar-refractivity contribution in [2.75, 3.05) is 6.54 Å². The molecule has 0 radical (unpaired) electrons. The van der Waals surface area contributed by atoms with Crippen LogP contribution in [-0.4, -0.2) is 46.2 Å². The van der Waals surface area contributed by atoms with Gasteiger partial charge in [0.1, 0.15) is 6.54 Å². The molecule has 0 saturated carbocycles. The highest BCUT2D eigenvalue weighted by Gasteiger charge is 2.33. The second kappa shape index (κ2) is 5.25. The van der Waals surface area contributed by atoms with E-state index in [9.17, 15) is 13.2 Å². The van der Waals surface area contributed by atoms with Gasteiger partial charge in [-0.25, -0.2) is 8.42 Å². The summed E-state index contributed by atoms with van der Waals surface area (Å²) in [5, 5.41) is 12.3. The molecule has 0 atom stereocenters. The third kappa shape index (κ3) is 2.82. The molecule has 1 heterocycles. The lowest BCUT2D eigenvalue weighted by molar-refractivity contribution is -0.137. The normalized spacial score (nSPS) is 12.3. The molecule has 0 aliphatic rings. The fourth-order valence-corrected chi connectivity index (χ4v) is 3.68. The summed E-state index contributed by atoms with van der Waals surface area (Å²) in [6.07, 6.45) is 1.20. The summed E-state index contributed by atoms with van der Waals surface area (Å²) in [6, 6.07) is -0.503. The summed E-state index contributed by atoms with van der Waals surface area (Å²) in [5.41, 5.74) is 0. The van der Waals surface area contributed by atoms with E-state index in [4.69, 9.17) is 16.7 Å². The first-order valence-electron chi connectivity index (χ1n) is 5.09. The van der Waals surface area contributed by atoms with Gasteiger partial charge in [-0.2, -0.15) is 9.40 Å². The average Bonchev–Trinajstić information content (AvgIpc) is 2.54. The Kier molecular flexibility index (Phi) is 4.36. The predicted octanol–water partition coefficient (Wildman–Crippen LogP) is 0.557. The van der Waals surface area contributed by atoms with E-state index in [1.807, 2.05) is 0 Å². The van der Waals surface area contributed by atoms with Crippen LogP contribution in [0.3, 0.4) is 0 Å². The van der Waals surface area contributed by atoms with E-state index in [1.165, 1.54) is 13.2 Å². The summed E-state index contributed by atoms with van der Waals surface area (Å²) >= 11 is 5.78. The molecule has 1 aromatic rings. The molecule has 1 aromatic heterocycles. The van der Waals surface area contributed by atoms with Crippen LogP contribution in [-0.2, 0) is 21.9 Å². The number of aromatic nitrogens is 2. The SMILES string of the molecule is CC(C)N(CC(=O)O)S(=O)(=O)c1c(Cl)cnn1C. The number of aryl methyl sites for hydroxylation is 1. The third-order valence-corrected chi connectivity index (χ3v) is 4.79. The van der Waals surface area contributed by atoms with Crippen molar-refractivity contribution in [3.8, 4) is 0 Å². The molecule has 0 aliphatic heterocycles. The standard InChI is InChI=1S/C9H14ClN3O4S/c1-6(2)13(5-8(14)15)18(16,17)9-7(10)4-11-12(9)3/h4,6H,5H2,1-3H3,(H,14,15). The monoisotopic (exact) mass is 295 g/mol. The Hall–Kier alpha value is -1.12. The van der Waals surface area contributed by atoms with Crippen molar-refractivity contribution in [3.63, 3.8) is 0 Å². The van der Waals surface area contributed by atoms with Gasteiger partial charge in [-0.15, -0.1) is 0 Å². The molecule has 18 heavy (non-hydrogen) atoms. The molecule has 0 saturated heterocycles. The minimum Gasteiger partial charge on any atom is -0.480 e. The Bertz CT molecular complexity index is 533. The summed E-state index contributed by atoms with van der Waals surface area (Å²) < 4.78 is 26.6. The van der Waals surface area contributed by atoms with Crippen LogP contribution in [0.2, 0.25) is 5.02 Å². The molecular weight excluding hydrogens is 282 g/mol. The van der Waals surface area contributed by atoms with Gasteiger partial charge < -0.3 is 5.11 Å². The highest BCUT2D eigenvalue weighted by molar-refractivity contribution is 7.89. The molecule has 9 heteroatoms. The van der Waals surface area contributed by atoms with E-state index >= 15 is 0 Å². The molecule has 7 nitrogen and oxygen atoms in total. The molecule has 0 fully saturated rings. The van der Waals surface area contributed by atoms with E-state index < -0.39 is 28.6 Å². The minimum atomic E-state index is -3.99. The Morgan fingerprint density at radius 2 is 2.17 bits per heavy atom. The summed E-state index contributed by atoms with van der Waals surface area (Å²) in [4.78, 5) is 10.7. The van der Waals surface area contributed by atoms with Gasteiger partial charge in [0.25, 0.3) is 10.0 Å². The van der Waals surface area contributed by atoms with Crippen molar-refractivity contribution >= 4 is 27.6 Å². The largest absolute Gasteiger partial charge is 0.480 e. The van der Waals surface area contributed by atoms with Crippen LogP contribution >= 0.6 is 11.6 Å². The number of carboxylic acid groups (broad SMARTS) is 1. The number of aliphatic carboxylic acids is 1. The number of hydrogen-bond donors (Lipinski definition) is 1. The smallest absolute Gasteiger partial charge is 0.318 e. The second-order valence-electron chi connectivity index (χ2n) is 3.96. The molecule has 0 aromatic carbocycles. The maximum atomic E-state index is 12.3. The number of carbonyl (C=O) groups is 1. The number of carboxylic acids is 1. The number of halogens is 1. The molecule has 1 rings (SSSR count). The van der Waals surface area contributed by atoms with Crippen LogP contribution in [0.5, 0.6) is 0 Å². The van der Waals surface area contributed by atoms with Crippen LogP contribution in [0.15, 0.2) is 11.2 Å². The maximum Gasteiger partial charge on any atom is 0.318 e. The van der Waals surface area contributed by atoms with Gasteiger partial charge in [0.05, 0.1) is 11.2 Å². The first-order chi connectivity index (χ1) is 8.17. The Morgan fingerprint density at radius 3 is 2.50 bits per heavy atom. The van der Waals surface area contributed by atoms with Crippen molar-refractivity contribution in [2.24, 2.45) is 7.05 Å². The lowest BCUT2D eigenvalue weighted by atomic mass is 10.4. The lowest BCUT2D eigenvalue weighted by Gasteiger charge is -2.24. The quantitative estimate of drug-likeness (QED) is 0.856. The van der Waals surface area contributed by atoms with Crippen molar-refractivity contribution in [3.05, 3.63) is 11.2 Å². The van der Waals surface area contributed by atoms with Crippen LogP contribution in [0.25, 0.3) is 0 Å². The molecule has 102 valence electrons. The highest BCUT2D eigenvalue weighted by Crippen LogP contribution is 2.24. The van der Waals surface area contributed by atoms with Gasteiger partial charge in [-0.1, -0.05) is 11.6 Å². The van der Waals surface area contributed by atoms with Crippen LogP contribution in [0, 0.1) is 0 Å². The zero-order valence-corrected chi connectivity index (χ0v) is 11.7. The second-order valence-corrected chi connectivity index (χ2v) is 6.17. The van der Waals surface area contributed by atoms with Gasteiger partial charge in [-0.05, 0) is 13.8 Å². The Morgan fingerprint density at radius 1 is 1.61 bits per heavy atom.